The van der Waals surface area contributed by atoms with E-state index >= 15 is 0 Å². The van der Waals surface area contributed by atoms with Gasteiger partial charge in [-0.1, -0.05) is 312 Å². The number of phosphoric acid groups is 2. The number of hydrogen-bond donors (Lipinski definition) is 3. The molecule has 0 aliphatic carbocycles. The Balaban J connectivity index is 5.21. The van der Waals surface area contributed by atoms with Crippen LogP contribution in [0.5, 0.6) is 0 Å². The molecule has 6 atom stereocenters. The first-order valence-electron chi connectivity index (χ1n) is 37.4. The molecule has 0 amide bonds. The Morgan fingerprint density at radius 3 is 0.835 bits per heavy atom. The molecular formula is C72H140O17P2. The molecule has 0 fully saturated rings. The molecule has 0 aromatic rings. The predicted octanol–water partition coefficient (Wildman–Crippen LogP) is 20.6. The maximum absolute atomic E-state index is 13.0. The Bertz CT molecular complexity index is 1790. The second-order valence-corrected chi connectivity index (χ2v) is 30.1. The van der Waals surface area contributed by atoms with E-state index in [0.29, 0.717) is 25.7 Å². The Morgan fingerprint density at radius 2 is 0.560 bits per heavy atom. The van der Waals surface area contributed by atoms with Crippen molar-refractivity contribution in [1.82, 2.24) is 0 Å². The van der Waals surface area contributed by atoms with Gasteiger partial charge in [-0.05, 0) is 43.4 Å². The van der Waals surface area contributed by atoms with Gasteiger partial charge in [-0.2, -0.15) is 0 Å². The molecule has 0 aliphatic heterocycles. The summed E-state index contributed by atoms with van der Waals surface area (Å²) in [5, 5.41) is 10.6. The van der Waals surface area contributed by atoms with Crippen LogP contribution in [0.15, 0.2) is 0 Å². The summed E-state index contributed by atoms with van der Waals surface area (Å²) in [5.41, 5.74) is 0. The maximum Gasteiger partial charge on any atom is 0.472 e. The minimum atomic E-state index is -4.95. The van der Waals surface area contributed by atoms with E-state index < -0.39 is 97.5 Å². The fourth-order valence-electron chi connectivity index (χ4n) is 10.9. The summed E-state index contributed by atoms with van der Waals surface area (Å²) in [6, 6.07) is 0. The number of phosphoric ester groups is 2. The second kappa shape index (κ2) is 62.8. The molecule has 0 aromatic heterocycles. The van der Waals surface area contributed by atoms with Gasteiger partial charge in [0.05, 0.1) is 26.4 Å². The summed E-state index contributed by atoms with van der Waals surface area (Å²) in [6.07, 6.45) is 47.3. The number of carbonyl (C=O) groups excluding carboxylic acids is 4. The Kier molecular flexibility index (Phi) is 61.5. The number of hydrogen-bond acceptors (Lipinski definition) is 15. The molecule has 0 bridgehead atoms. The van der Waals surface area contributed by atoms with E-state index in [0.717, 1.165) is 120 Å². The molecule has 0 radical (unpaired) electrons. The lowest BCUT2D eigenvalue weighted by Gasteiger charge is -2.21. The van der Waals surface area contributed by atoms with Crippen LogP contribution in [0.1, 0.15) is 363 Å². The van der Waals surface area contributed by atoms with Crippen LogP contribution in [-0.2, 0) is 65.4 Å². The Morgan fingerprint density at radius 1 is 0.319 bits per heavy atom. The van der Waals surface area contributed by atoms with Crippen molar-refractivity contribution in [2.24, 2.45) is 17.8 Å². The van der Waals surface area contributed by atoms with Crippen LogP contribution in [0.3, 0.4) is 0 Å². The molecule has 91 heavy (non-hydrogen) atoms. The van der Waals surface area contributed by atoms with Crippen LogP contribution in [0.25, 0.3) is 0 Å². The number of carbonyl (C=O) groups is 4. The monoisotopic (exact) mass is 1340 g/mol. The highest BCUT2D eigenvalue weighted by molar-refractivity contribution is 7.47. The summed E-state index contributed by atoms with van der Waals surface area (Å²) < 4.78 is 68.3. The average Bonchev–Trinajstić information content (AvgIpc) is 2.12. The van der Waals surface area contributed by atoms with Crippen molar-refractivity contribution in [3.05, 3.63) is 0 Å². The normalized spacial score (nSPS) is 14.5. The number of rotatable bonds is 70. The lowest BCUT2D eigenvalue weighted by Crippen LogP contribution is -2.30. The van der Waals surface area contributed by atoms with Crippen molar-refractivity contribution in [1.29, 1.82) is 0 Å². The summed E-state index contributed by atoms with van der Waals surface area (Å²) >= 11 is 0. The topological polar surface area (TPSA) is 237 Å². The minimum absolute atomic E-state index is 0.105. The van der Waals surface area contributed by atoms with Gasteiger partial charge in [-0.15, -0.1) is 0 Å². The second-order valence-electron chi connectivity index (χ2n) is 27.2. The highest BCUT2D eigenvalue weighted by atomic mass is 31.2. The molecule has 17 nitrogen and oxygen atoms in total. The van der Waals surface area contributed by atoms with Gasteiger partial charge in [0.15, 0.2) is 12.2 Å². The number of ether oxygens (including phenoxy) is 4. The molecule has 0 spiro atoms. The summed E-state index contributed by atoms with van der Waals surface area (Å²) in [4.78, 5) is 72.5. The minimum Gasteiger partial charge on any atom is -0.462 e. The number of aliphatic hydroxyl groups excluding tert-OH is 1. The van der Waals surface area contributed by atoms with Crippen molar-refractivity contribution < 1.29 is 80.2 Å². The van der Waals surface area contributed by atoms with Crippen LogP contribution in [-0.4, -0.2) is 96.7 Å². The average molecular weight is 1340 g/mol. The van der Waals surface area contributed by atoms with Gasteiger partial charge in [0, 0.05) is 25.7 Å². The lowest BCUT2D eigenvalue weighted by molar-refractivity contribution is -0.161. The summed E-state index contributed by atoms with van der Waals surface area (Å²) in [7, 11) is -9.90. The highest BCUT2D eigenvalue weighted by Gasteiger charge is 2.30. The van der Waals surface area contributed by atoms with Crippen LogP contribution >= 0.6 is 15.6 Å². The van der Waals surface area contributed by atoms with Gasteiger partial charge in [0.1, 0.15) is 19.3 Å². The van der Waals surface area contributed by atoms with Crippen molar-refractivity contribution >= 4 is 39.5 Å². The number of unbranched alkanes of at least 4 members (excludes halogenated alkanes) is 37. The van der Waals surface area contributed by atoms with Crippen LogP contribution in [0, 0.1) is 17.8 Å². The van der Waals surface area contributed by atoms with E-state index in [1.807, 2.05) is 0 Å². The van der Waals surface area contributed by atoms with E-state index in [-0.39, 0.29) is 25.7 Å². The molecule has 3 N–H and O–H groups in total. The lowest BCUT2D eigenvalue weighted by atomic mass is 9.99. The van der Waals surface area contributed by atoms with Gasteiger partial charge >= 0.3 is 39.5 Å². The zero-order valence-corrected chi connectivity index (χ0v) is 61.1. The van der Waals surface area contributed by atoms with Gasteiger partial charge in [0.2, 0.25) is 0 Å². The van der Waals surface area contributed by atoms with E-state index in [2.05, 4.69) is 48.5 Å². The van der Waals surface area contributed by atoms with Crippen LogP contribution in [0.4, 0.5) is 0 Å². The molecule has 540 valence electrons. The molecule has 0 aliphatic rings. The van der Waals surface area contributed by atoms with E-state index in [9.17, 15) is 43.2 Å². The van der Waals surface area contributed by atoms with E-state index in [1.54, 1.807) is 0 Å². The van der Waals surface area contributed by atoms with E-state index in [1.165, 1.54) is 161 Å². The molecule has 0 rings (SSSR count). The zero-order chi connectivity index (χ0) is 67.3. The third-order valence-corrected chi connectivity index (χ3v) is 18.9. The Labute approximate surface area is 556 Å². The molecule has 19 heteroatoms. The van der Waals surface area contributed by atoms with E-state index in [4.69, 9.17) is 37.0 Å². The maximum atomic E-state index is 13.0. The largest absolute Gasteiger partial charge is 0.472 e. The predicted molar refractivity (Wildman–Crippen MR) is 368 cm³/mol. The third-order valence-electron chi connectivity index (χ3n) is 17.0. The SMILES string of the molecule is CCCCCCCCCC(=O)OC[C@H](COP(=O)(O)OC[C@H](O)COP(=O)(O)OC[C@@H](COC(=O)CCCCCCCCCCCCC(C)CC)OC(=O)CCCCCCCCCCCCCCCCCC(C)C)OC(=O)CCCCCCCCCCCC(C)C. The fourth-order valence-corrected chi connectivity index (χ4v) is 12.4. The Hall–Kier alpha value is -1.94. The molecule has 0 aromatic carbocycles. The van der Waals surface area contributed by atoms with Crippen molar-refractivity contribution in [2.45, 2.75) is 381 Å². The first kappa shape index (κ1) is 89.1. The quantitative estimate of drug-likeness (QED) is 0.0222. The first-order valence-corrected chi connectivity index (χ1v) is 40.4. The highest BCUT2D eigenvalue weighted by Crippen LogP contribution is 2.45. The number of aliphatic hydroxyl groups is 1. The van der Waals surface area contributed by atoms with Gasteiger partial charge < -0.3 is 33.8 Å². The molecule has 0 saturated heterocycles. The van der Waals surface area contributed by atoms with Gasteiger partial charge in [0.25, 0.3) is 0 Å². The molecule has 0 saturated carbocycles. The number of esters is 4. The molecule has 3 unspecified atom stereocenters. The van der Waals surface area contributed by atoms with Gasteiger partial charge in [-0.25, -0.2) is 9.13 Å². The van der Waals surface area contributed by atoms with Crippen LogP contribution in [0.2, 0.25) is 0 Å². The van der Waals surface area contributed by atoms with Crippen molar-refractivity contribution in [2.75, 3.05) is 39.6 Å². The third kappa shape index (κ3) is 65.1. The van der Waals surface area contributed by atoms with Crippen molar-refractivity contribution in [3.8, 4) is 0 Å². The summed E-state index contributed by atoms with van der Waals surface area (Å²) in [5.74, 6) is 0.221. The standard InChI is InChI=1S/C72H140O17P2/c1-8-10-11-12-29-39-46-53-69(74)82-59-67(88-72(77)56-49-42-35-28-22-24-31-37-44-51-64(5)6)61-86-90(78,79)84-57-66(73)58-85-91(80,81)87-62-68(60-83-70(75)54-47-40-33-26-21-20-25-32-38-45-52-65(7)9-2)89-71(76)55-48-41-34-27-19-17-15-13-14-16-18-23-30-36-43-50-63(3)4/h63-68,73H,8-62H2,1-7H3,(H,78,79)(H,80,81)/t65?,66-,67+,68+/m0/s1. The molecule has 0 heterocycles. The summed E-state index contributed by atoms with van der Waals surface area (Å²) in [6.45, 7) is 11.9. The first-order chi connectivity index (χ1) is 43.8. The smallest absolute Gasteiger partial charge is 0.462 e. The zero-order valence-electron chi connectivity index (χ0n) is 59.3. The van der Waals surface area contributed by atoms with Gasteiger partial charge in [-0.3, -0.25) is 37.3 Å². The molecular weight excluding hydrogens is 1200 g/mol. The van der Waals surface area contributed by atoms with Crippen LogP contribution < -0.4 is 0 Å². The fraction of sp³-hybridized carbons (Fsp3) is 0.944. The van der Waals surface area contributed by atoms with Crippen molar-refractivity contribution in [3.63, 3.8) is 0 Å².